The minimum atomic E-state index is -0.0259. The predicted octanol–water partition coefficient (Wildman–Crippen LogP) is 3.11. The van der Waals surface area contributed by atoms with Crippen LogP contribution < -0.4 is 5.73 Å². The fraction of sp³-hybridized carbons (Fsp3) is 0.316. The van der Waals surface area contributed by atoms with Crippen LogP contribution in [0.2, 0.25) is 0 Å². The molecule has 0 spiro atoms. The highest BCUT2D eigenvalue weighted by Crippen LogP contribution is 2.10. The standard InChI is InChI=1S/C19H23NO2/c1-15(11-16-5-3-2-4-6-16)19(21)14-22-13-18-9-7-17(12-20)8-10-18/h2-10,15H,11-14,20H2,1H3/t15-/m1/s1. The second kappa shape index (κ2) is 8.47. The predicted molar refractivity (Wildman–Crippen MR) is 88.3 cm³/mol. The fourth-order valence-electron chi connectivity index (χ4n) is 2.26. The Kier molecular flexibility index (Phi) is 6.31. The first-order valence-corrected chi connectivity index (χ1v) is 7.61. The van der Waals surface area contributed by atoms with Gasteiger partial charge in [0.05, 0.1) is 6.61 Å². The number of rotatable bonds is 8. The van der Waals surface area contributed by atoms with Gasteiger partial charge in [-0.25, -0.2) is 0 Å². The van der Waals surface area contributed by atoms with E-state index in [1.165, 1.54) is 5.56 Å². The Morgan fingerprint density at radius 1 is 1.00 bits per heavy atom. The molecule has 0 bridgehead atoms. The third-order valence-electron chi connectivity index (χ3n) is 3.71. The van der Waals surface area contributed by atoms with E-state index >= 15 is 0 Å². The largest absolute Gasteiger partial charge is 0.369 e. The molecule has 116 valence electrons. The normalized spacial score (nSPS) is 12.1. The average Bonchev–Trinajstić information content (AvgIpc) is 2.56. The van der Waals surface area contributed by atoms with E-state index in [1.54, 1.807) is 0 Å². The lowest BCUT2D eigenvalue weighted by molar-refractivity contribution is -0.127. The Morgan fingerprint density at radius 2 is 1.64 bits per heavy atom. The van der Waals surface area contributed by atoms with E-state index in [4.69, 9.17) is 10.5 Å². The van der Waals surface area contributed by atoms with Crippen molar-refractivity contribution in [2.75, 3.05) is 6.61 Å². The van der Waals surface area contributed by atoms with Crippen molar-refractivity contribution in [3.8, 4) is 0 Å². The molecule has 0 radical (unpaired) electrons. The number of carbonyl (C=O) groups excluding carboxylic acids is 1. The smallest absolute Gasteiger partial charge is 0.161 e. The monoisotopic (exact) mass is 297 g/mol. The molecule has 0 amide bonds. The number of hydrogen-bond donors (Lipinski definition) is 1. The van der Waals surface area contributed by atoms with Crippen molar-refractivity contribution in [3.05, 3.63) is 71.3 Å². The highest BCUT2D eigenvalue weighted by atomic mass is 16.5. The zero-order valence-corrected chi connectivity index (χ0v) is 13.0. The third kappa shape index (κ3) is 5.10. The van der Waals surface area contributed by atoms with Gasteiger partial charge in [-0.05, 0) is 23.1 Å². The highest BCUT2D eigenvalue weighted by Gasteiger charge is 2.13. The summed E-state index contributed by atoms with van der Waals surface area (Å²) >= 11 is 0. The Labute approximate surface area is 132 Å². The number of benzene rings is 2. The van der Waals surface area contributed by atoms with Gasteiger partial charge in [-0.3, -0.25) is 4.79 Å². The van der Waals surface area contributed by atoms with Crippen LogP contribution in [0.25, 0.3) is 0 Å². The van der Waals surface area contributed by atoms with Crippen LogP contribution in [-0.4, -0.2) is 12.4 Å². The van der Waals surface area contributed by atoms with Crippen LogP contribution in [0.1, 0.15) is 23.6 Å². The van der Waals surface area contributed by atoms with Crippen LogP contribution in [0.4, 0.5) is 0 Å². The summed E-state index contributed by atoms with van der Waals surface area (Å²) in [7, 11) is 0. The first-order chi connectivity index (χ1) is 10.7. The highest BCUT2D eigenvalue weighted by molar-refractivity contribution is 5.82. The topological polar surface area (TPSA) is 52.3 Å². The van der Waals surface area contributed by atoms with E-state index in [2.05, 4.69) is 0 Å². The summed E-state index contributed by atoms with van der Waals surface area (Å²) in [6.45, 7) is 3.10. The number of carbonyl (C=O) groups is 1. The number of hydrogen-bond acceptors (Lipinski definition) is 3. The van der Waals surface area contributed by atoms with E-state index in [9.17, 15) is 4.79 Å². The molecule has 22 heavy (non-hydrogen) atoms. The first kappa shape index (κ1) is 16.4. The van der Waals surface area contributed by atoms with Gasteiger partial charge in [0.1, 0.15) is 6.61 Å². The molecular formula is C19H23NO2. The minimum Gasteiger partial charge on any atom is -0.369 e. The van der Waals surface area contributed by atoms with E-state index in [0.717, 1.165) is 17.5 Å². The summed E-state index contributed by atoms with van der Waals surface area (Å²) in [4.78, 5) is 12.1. The minimum absolute atomic E-state index is 0.0259. The van der Waals surface area contributed by atoms with Gasteiger partial charge in [-0.15, -0.1) is 0 Å². The summed E-state index contributed by atoms with van der Waals surface area (Å²) in [5.74, 6) is 0.115. The SMILES string of the molecule is C[C@H](Cc1ccccc1)C(=O)COCc1ccc(CN)cc1. The van der Waals surface area contributed by atoms with E-state index in [1.807, 2.05) is 61.5 Å². The Bertz CT molecular complexity index is 578. The molecule has 0 unspecified atom stereocenters. The van der Waals surface area contributed by atoms with Crippen molar-refractivity contribution in [2.24, 2.45) is 11.7 Å². The van der Waals surface area contributed by atoms with Crippen LogP contribution in [-0.2, 0) is 29.1 Å². The molecule has 0 fully saturated rings. The Hall–Kier alpha value is -1.97. The van der Waals surface area contributed by atoms with Crippen LogP contribution in [0.15, 0.2) is 54.6 Å². The Balaban J connectivity index is 1.74. The lowest BCUT2D eigenvalue weighted by Gasteiger charge is -2.11. The summed E-state index contributed by atoms with van der Waals surface area (Å²) < 4.78 is 5.53. The molecule has 0 aromatic heterocycles. The summed E-state index contributed by atoms with van der Waals surface area (Å²) in [6, 6.07) is 18.0. The van der Waals surface area contributed by atoms with Crippen molar-refractivity contribution in [2.45, 2.75) is 26.5 Å². The van der Waals surface area contributed by atoms with E-state index in [-0.39, 0.29) is 18.3 Å². The number of Topliss-reactive ketones (excluding diaryl/α,β-unsaturated/α-hetero) is 1. The van der Waals surface area contributed by atoms with Crippen LogP contribution in [0, 0.1) is 5.92 Å². The third-order valence-corrected chi connectivity index (χ3v) is 3.71. The van der Waals surface area contributed by atoms with Crippen LogP contribution >= 0.6 is 0 Å². The molecule has 0 aliphatic heterocycles. The van der Waals surface area contributed by atoms with Crippen LogP contribution in [0.3, 0.4) is 0 Å². The molecule has 3 heteroatoms. The molecule has 0 heterocycles. The fourth-order valence-corrected chi connectivity index (χ4v) is 2.26. The maximum atomic E-state index is 12.1. The molecule has 2 aromatic rings. The van der Waals surface area contributed by atoms with Gasteiger partial charge < -0.3 is 10.5 Å². The quantitative estimate of drug-likeness (QED) is 0.814. The maximum Gasteiger partial charge on any atom is 0.161 e. The van der Waals surface area contributed by atoms with Crippen LogP contribution in [0.5, 0.6) is 0 Å². The molecule has 2 N–H and O–H groups in total. The van der Waals surface area contributed by atoms with Crippen molar-refractivity contribution < 1.29 is 9.53 Å². The van der Waals surface area contributed by atoms with Gasteiger partial charge in [-0.1, -0.05) is 61.5 Å². The van der Waals surface area contributed by atoms with Gasteiger partial charge in [0, 0.05) is 12.5 Å². The lowest BCUT2D eigenvalue weighted by Crippen LogP contribution is -2.19. The van der Waals surface area contributed by atoms with Crippen molar-refractivity contribution in [1.82, 2.24) is 0 Å². The maximum absolute atomic E-state index is 12.1. The van der Waals surface area contributed by atoms with Crippen molar-refractivity contribution in [1.29, 1.82) is 0 Å². The number of ketones is 1. The molecule has 1 atom stereocenters. The van der Waals surface area contributed by atoms with Gasteiger partial charge in [0.2, 0.25) is 0 Å². The molecule has 0 saturated heterocycles. The van der Waals surface area contributed by atoms with Crippen molar-refractivity contribution in [3.63, 3.8) is 0 Å². The summed E-state index contributed by atoms with van der Waals surface area (Å²) in [6.07, 6.45) is 0.758. The zero-order chi connectivity index (χ0) is 15.8. The molecule has 2 rings (SSSR count). The Morgan fingerprint density at radius 3 is 2.27 bits per heavy atom. The molecule has 2 aromatic carbocycles. The van der Waals surface area contributed by atoms with Crippen molar-refractivity contribution >= 4 is 5.78 Å². The summed E-state index contributed by atoms with van der Waals surface area (Å²) in [5, 5.41) is 0. The molecule has 0 aliphatic rings. The summed E-state index contributed by atoms with van der Waals surface area (Å²) in [5.41, 5.74) is 8.89. The second-order valence-corrected chi connectivity index (χ2v) is 5.57. The molecule has 0 aliphatic carbocycles. The zero-order valence-electron chi connectivity index (χ0n) is 13.0. The van der Waals surface area contributed by atoms with Gasteiger partial charge in [-0.2, -0.15) is 0 Å². The van der Waals surface area contributed by atoms with E-state index < -0.39 is 0 Å². The van der Waals surface area contributed by atoms with Gasteiger partial charge in [0.25, 0.3) is 0 Å². The molecule has 0 saturated carbocycles. The lowest BCUT2D eigenvalue weighted by atomic mass is 9.97. The number of nitrogens with two attached hydrogens (primary N) is 1. The van der Waals surface area contributed by atoms with E-state index in [0.29, 0.717) is 13.2 Å². The average molecular weight is 297 g/mol. The number of ether oxygens (including phenoxy) is 1. The van der Waals surface area contributed by atoms with Gasteiger partial charge >= 0.3 is 0 Å². The second-order valence-electron chi connectivity index (χ2n) is 5.57. The van der Waals surface area contributed by atoms with Gasteiger partial charge in [0.15, 0.2) is 5.78 Å². The molecular weight excluding hydrogens is 274 g/mol. The molecule has 3 nitrogen and oxygen atoms in total. The first-order valence-electron chi connectivity index (χ1n) is 7.61.